The highest BCUT2D eigenvalue weighted by Gasteiger charge is 2.22. The standard InChI is InChI=1S/C27H17Cl2N3O4/c28-19-10-3-2-8-17(19)23-18-9-5-11-20(29)24(18)31-25(23)26(33)32-30-15-16-7-1-4-12-21(16)36-27(34)22-13-6-14-35-22/h1-15,31H,(H,32,33). The van der Waals surface area contributed by atoms with Crippen molar-refractivity contribution < 1.29 is 18.7 Å². The van der Waals surface area contributed by atoms with Crippen molar-refractivity contribution >= 4 is 52.2 Å². The summed E-state index contributed by atoms with van der Waals surface area (Å²) >= 11 is 12.8. The van der Waals surface area contributed by atoms with Crippen LogP contribution in [0.15, 0.2) is 94.6 Å². The zero-order valence-corrected chi connectivity index (χ0v) is 20.0. The maximum Gasteiger partial charge on any atom is 0.379 e. The number of aromatic nitrogens is 1. The normalized spacial score (nSPS) is 11.2. The van der Waals surface area contributed by atoms with Crippen LogP contribution in [-0.2, 0) is 0 Å². The fourth-order valence-electron chi connectivity index (χ4n) is 3.74. The summed E-state index contributed by atoms with van der Waals surface area (Å²) in [5.74, 6) is -0.826. The van der Waals surface area contributed by atoms with Crippen LogP contribution in [0.25, 0.3) is 22.0 Å². The van der Waals surface area contributed by atoms with Crippen LogP contribution < -0.4 is 10.2 Å². The van der Waals surface area contributed by atoms with Crippen LogP contribution in [-0.4, -0.2) is 23.1 Å². The minimum absolute atomic E-state index is 0.0691. The third-order valence-electron chi connectivity index (χ3n) is 5.37. The number of rotatable bonds is 6. The van der Waals surface area contributed by atoms with Gasteiger partial charge in [0, 0.05) is 27.1 Å². The summed E-state index contributed by atoms with van der Waals surface area (Å²) in [5, 5.41) is 5.78. The summed E-state index contributed by atoms with van der Waals surface area (Å²) in [6, 6.07) is 22.5. The second-order valence-corrected chi connectivity index (χ2v) is 8.44. The van der Waals surface area contributed by atoms with Gasteiger partial charge in [0.2, 0.25) is 5.76 Å². The van der Waals surface area contributed by atoms with Crippen molar-refractivity contribution in [3.63, 3.8) is 0 Å². The number of carbonyl (C=O) groups excluding carboxylic acids is 2. The van der Waals surface area contributed by atoms with Crippen LogP contribution in [0.5, 0.6) is 5.75 Å². The van der Waals surface area contributed by atoms with Crippen molar-refractivity contribution in [3.05, 3.63) is 112 Å². The highest BCUT2D eigenvalue weighted by Crippen LogP contribution is 2.38. The Morgan fingerprint density at radius 2 is 1.69 bits per heavy atom. The number of H-pyrrole nitrogens is 1. The Kier molecular flexibility index (Phi) is 6.58. The number of ether oxygens (including phenoxy) is 1. The molecule has 0 aliphatic rings. The minimum Gasteiger partial charge on any atom is -0.457 e. The van der Waals surface area contributed by atoms with Crippen molar-refractivity contribution in [3.8, 4) is 16.9 Å². The number of nitrogens with one attached hydrogen (secondary N) is 2. The number of hydrazone groups is 1. The van der Waals surface area contributed by atoms with E-state index in [0.29, 0.717) is 32.3 Å². The van der Waals surface area contributed by atoms with Crippen LogP contribution in [0.3, 0.4) is 0 Å². The van der Waals surface area contributed by atoms with Gasteiger partial charge in [0.05, 0.1) is 23.0 Å². The molecule has 0 aliphatic heterocycles. The number of furan rings is 1. The number of amides is 1. The van der Waals surface area contributed by atoms with Gasteiger partial charge in [0.15, 0.2) is 0 Å². The minimum atomic E-state index is -0.649. The van der Waals surface area contributed by atoms with Crippen LogP contribution in [0.2, 0.25) is 10.0 Å². The number of hydrogen-bond acceptors (Lipinski definition) is 5. The molecule has 178 valence electrons. The molecule has 0 saturated carbocycles. The number of esters is 1. The number of benzene rings is 3. The fourth-order valence-corrected chi connectivity index (χ4v) is 4.19. The van der Waals surface area contributed by atoms with Gasteiger partial charge in [0.1, 0.15) is 11.4 Å². The van der Waals surface area contributed by atoms with E-state index >= 15 is 0 Å². The summed E-state index contributed by atoms with van der Waals surface area (Å²) < 4.78 is 10.5. The molecule has 0 bridgehead atoms. The molecule has 0 saturated heterocycles. The maximum atomic E-state index is 13.2. The maximum absolute atomic E-state index is 13.2. The largest absolute Gasteiger partial charge is 0.457 e. The van der Waals surface area contributed by atoms with E-state index in [1.165, 1.54) is 18.5 Å². The molecule has 0 spiro atoms. The Bertz CT molecular complexity index is 1610. The monoisotopic (exact) mass is 517 g/mol. The van der Waals surface area contributed by atoms with Gasteiger partial charge in [-0.05, 0) is 36.4 Å². The van der Waals surface area contributed by atoms with Crippen molar-refractivity contribution in [2.75, 3.05) is 0 Å². The van der Waals surface area contributed by atoms with Crippen LogP contribution in [0.1, 0.15) is 26.6 Å². The number of hydrogen-bond donors (Lipinski definition) is 2. The second-order valence-electron chi connectivity index (χ2n) is 7.62. The molecule has 9 heteroatoms. The van der Waals surface area contributed by atoms with Crippen molar-refractivity contribution in [1.82, 2.24) is 10.4 Å². The van der Waals surface area contributed by atoms with Crippen molar-refractivity contribution in [2.45, 2.75) is 0 Å². The quantitative estimate of drug-likeness (QED) is 0.113. The lowest BCUT2D eigenvalue weighted by atomic mass is 10.0. The van der Waals surface area contributed by atoms with Crippen LogP contribution in [0, 0.1) is 0 Å². The lowest BCUT2D eigenvalue weighted by Gasteiger charge is -2.07. The lowest BCUT2D eigenvalue weighted by molar-refractivity contribution is 0.0701. The Balaban J connectivity index is 1.43. The molecular weight excluding hydrogens is 501 g/mol. The summed E-state index contributed by atoms with van der Waals surface area (Å²) in [6.45, 7) is 0. The SMILES string of the molecule is O=C(Oc1ccccc1C=NNC(=O)c1[nH]c2c(Cl)cccc2c1-c1ccccc1Cl)c1ccco1. The van der Waals surface area contributed by atoms with Gasteiger partial charge < -0.3 is 14.1 Å². The molecule has 0 radical (unpaired) electrons. The summed E-state index contributed by atoms with van der Waals surface area (Å²) in [7, 11) is 0. The molecule has 2 aromatic heterocycles. The van der Waals surface area contributed by atoms with E-state index in [2.05, 4.69) is 15.5 Å². The first-order valence-corrected chi connectivity index (χ1v) is 11.5. The average Bonchev–Trinajstić information content (AvgIpc) is 3.55. The number of nitrogens with zero attached hydrogens (tertiary/aromatic N) is 1. The predicted octanol–water partition coefficient (Wildman–Crippen LogP) is 6.72. The van der Waals surface area contributed by atoms with Gasteiger partial charge in [-0.25, -0.2) is 10.2 Å². The molecule has 0 atom stereocenters. The average molecular weight is 518 g/mol. The Hall–Kier alpha value is -4.33. The topological polar surface area (TPSA) is 96.7 Å². The molecule has 0 aliphatic carbocycles. The number of carbonyl (C=O) groups is 2. The van der Waals surface area contributed by atoms with Gasteiger partial charge in [-0.15, -0.1) is 0 Å². The molecule has 0 unspecified atom stereocenters. The second kappa shape index (κ2) is 10.1. The Morgan fingerprint density at radius 3 is 2.50 bits per heavy atom. The molecule has 3 aromatic carbocycles. The smallest absolute Gasteiger partial charge is 0.379 e. The van der Waals surface area contributed by atoms with Gasteiger partial charge >= 0.3 is 5.97 Å². The number of halogens is 2. The predicted molar refractivity (Wildman–Crippen MR) is 139 cm³/mol. The summed E-state index contributed by atoms with van der Waals surface area (Å²) in [6.07, 6.45) is 2.76. The van der Waals surface area contributed by atoms with E-state index in [0.717, 1.165) is 5.39 Å². The van der Waals surface area contributed by atoms with E-state index < -0.39 is 11.9 Å². The van der Waals surface area contributed by atoms with E-state index in [4.69, 9.17) is 32.4 Å². The molecule has 5 rings (SSSR count). The van der Waals surface area contributed by atoms with E-state index in [1.54, 1.807) is 48.5 Å². The summed E-state index contributed by atoms with van der Waals surface area (Å²) in [4.78, 5) is 28.6. The zero-order chi connectivity index (χ0) is 25.1. The fraction of sp³-hybridized carbons (Fsp3) is 0. The molecule has 5 aromatic rings. The molecule has 7 nitrogen and oxygen atoms in total. The Labute approximate surface area is 215 Å². The molecular formula is C27H17Cl2N3O4. The molecule has 36 heavy (non-hydrogen) atoms. The van der Waals surface area contributed by atoms with Crippen molar-refractivity contribution in [2.24, 2.45) is 5.10 Å². The van der Waals surface area contributed by atoms with Gasteiger partial charge in [-0.1, -0.05) is 65.7 Å². The zero-order valence-electron chi connectivity index (χ0n) is 18.5. The van der Waals surface area contributed by atoms with Gasteiger partial charge in [-0.3, -0.25) is 4.79 Å². The number of para-hydroxylation sites is 2. The van der Waals surface area contributed by atoms with Gasteiger partial charge in [0.25, 0.3) is 5.91 Å². The molecule has 0 fully saturated rings. The highest BCUT2D eigenvalue weighted by atomic mass is 35.5. The van der Waals surface area contributed by atoms with Crippen molar-refractivity contribution in [1.29, 1.82) is 0 Å². The first kappa shape index (κ1) is 23.4. The van der Waals surface area contributed by atoms with E-state index in [-0.39, 0.29) is 17.2 Å². The third kappa shape index (κ3) is 4.62. The summed E-state index contributed by atoms with van der Waals surface area (Å²) in [5.41, 5.74) is 5.14. The van der Waals surface area contributed by atoms with Crippen LogP contribution in [0.4, 0.5) is 0 Å². The van der Waals surface area contributed by atoms with Crippen LogP contribution >= 0.6 is 23.2 Å². The third-order valence-corrected chi connectivity index (χ3v) is 6.01. The lowest BCUT2D eigenvalue weighted by Crippen LogP contribution is -2.19. The van der Waals surface area contributed by atoms with Gasteiger partial charge in [-0.2, -0.15) is 5.10 Å². The number of aromatic amines is 1. The van der Waals surface area contributed by atoms with E-state index in [1.807, 2.05) is 24.3 Å². The van der Waals surface area contributed by atoms with E-state index in [9.17, 15) is 9.59 Å². The molecule has 2 heterocycles. The molecule has 2 N–H and O–H groups in total. The Morgan fingerprint density at radius 1 is 0.917 bits per heavy atom. The first-order valence-electron chi connectivity index (χ1n) is 10.8. The molecule has 1 amide bonds. The first-order chi connectivity index (χ1) is 17.5. The highest BCUT2D eigenvalue weighted by molar-refractivity contribution is 6.37. The number of fused-ring (bicyclic) bond motifs is 1.